The first-order chi connectivity index (χ1) is 19.1. The van der Waals surface area contributed by atoms with E-state index >= 15 is 0 Å². The fourth-order valence-corrected chi connectivity index (χ4v) is 5.82. The molecule has 1 N–H and O–H groups in total. The smallest absolute Gasteiger partial charge is 0.143 e. The third-order valence-electron chi connectivity index (χ3n) is 6.50. The van der Waals surface area contributed by atoms with Gasteiger partial charge in [0.05, 0.1) is 23.6 Å². The van der Waals surface area contributed by atoms with Crippen LogP contribution in [0.5, 0.6) is 11.5 Å². The maximum atomic E-state index is 13.4. The third kappa shape index (κ3) is 6.07. The van der Waals surface area contributed by atoms with Crippen LogP contribution in [-0.2, 0) is 11.3 Å². The average molecular weight is 565 g/mol. The van der Waals surface area contributed by atoms with Gasteiger partial charge < -0.3 is 19.5 Å². The predicted octanol–water partition coefficient (Wildman–Crippen LogP) is 6.67. The van der Waals surface area contributed by atoms with Crippen LogP contribution in [0.4, 0.5) is 15.9 Å². The number of thiophene rings is 1. The standard InChI is InChI=1S/C29H26ClFN4O3S/c30-24-15-21(4-7-25(24)38-17-19-2-1-3-20(31)14-19)34-28-27-23-6-5-22(16-26(23)39-29(27)33-18-32-28)37-13-10-35-8-11-36-12-9-35/h1-7,14-16,18H,8-13,17H2,(H,32,33,34). The Labute approximate surface area is 234 Å². The molecule has 0 atom stereocenters. The molecule has 0 saturated carbocycles. The van der Waals surface area contributed by atoms with Gasteiger partial charge in [0.1, 0.15) is 47.5 Å². The summed E-state index contributed by atoms with van der Waals surface area (Å²) in [5, 5.41) is 5.82. The van der Waals surface area contributed by atoms with Gasteiger partial charge in [0.2, 0.25) is 0 Å². The molecular formula is C29H26ClFN4O3S. The van der Waals surface area contributed by atoms with Gasteiger partial charge in [0.25, 0.3) is 0 Å². The van der Waals surface area contributed by atoms with Crippen molar-refractivity contribution in [3.63, 3.8) is 0 Å². The Morgan fingerprint density at radius 2 is 1.92 bits per heavy atom. The van der Waals surface area contributed by atoms with E-state index in [4.69, 9.17) is 25.8 Å². The van der Waals surface area contributed by atoms with Gasteiger partial charge in [-0.15, -0.1) is 11.3 Å². The average Bonchev–Trinajstić information content (AvgIpc) is 3.32. The van der Waals surface area contributed by atoms with Crippen LogP contribution in [0.2, 0.25) is 5.02 Å². The fourth-order valence-electron chi connectivity index (χ4n) is 4.51. The summed E-state index contributed by atoms with van der Waals surface area (Å²) >= 11 is 8.10. The zero-order valence-corrected chi connectivity index (χ0v) is 22.6. The topological polar surface area (TPSA) is 68.7 Å². The minimum atomic E-state index is -0.300. The van der Waals surface area contributed by atoms with Crippen molar-refractivity contribution in [2.75, 3.05) is 44.8 Å². The molecule has 1 aliphatic rings. The summed E-state index contributed by atoms with van der Waals surface area (Å²) in [4.78, 5) is 12.2. The highest BCUT2D eigenvalue weighted by Gasteiger charge is 2.15. The Morgan fingerprint density at radius 1 is 1.03 bits per heavy atom. The van der Waals surface area contributed by atoms with E-state index in [2.05, 4.69) is 32.3 Å². The van der Waals surface area contributed by atoms with Crippen molar-refractivity contribution in [3.05, 3.63) is 83.4 Å². The Balaban J connectivity index is 1.16. The molecule has 39 heavy (non-hydrogen) atoms. The van der Waals surface area contributed by atoms with E-state index in [-0.39, 0.29) is 12.4 Å². The molecule has 10 heteroatoms. The van der Waals surface area contributed by atoms with E-state index in [1.54, 1.807) is 41.9 Å². The lowest BCUT2D eigenvalue weighted by molar-refractivity contribution is 0.0322. The molecule has 2 aromatic heterocycles. The Kier molecular flexibility index (Phi) is 7.74. The number of nitrogens with zero attached hydrogens (tertiary/aromatic N) is 3. The van der Waals surface area contributed by atoms with E-state index in [1.807, 2.05) is 12.1 Å². The third-order valence-corrected chi connectivity index (χ3v) is 7.86. The minimum absolute atomic E-state index is 0.219. The first-order valence-corrected chi connectivity index (χ1v) is 13.9. The van der Waals surface area contributed by atoms with Gasteiger partial charge in [-0.05, 0) is 54.1 Å². The van der Waals surface area contributed by atoms with Gasteiger partial charge in [-0.3, -0.25) is 4.90 Å². The Morgan fingerprint density at radius 3 is 2.77 bits per heavy atom. The second-order valence-electron chi connectivity index (χ2n) is 9.15. The summed E-state index contributed by atoms with van der Waals surface area (Å²) in [5.74, 6) is 1.75. The Hall–Kier alpha value is -3.50. The number of halogens is 2. The molecule has 1 aliphatic heterocycles. The van der Waals surface area contributed by atoms with Crippen LogP contribution in [0.15, 0.2) is 67.0 Å². The van der Waals surface area contributed by atoms with Gasteiger partial charge in [0, 0.05) is 35.4 Å². The van der Waals surface area contributed by atoms with E-state index in [1.165, 1.54) is 12.1 Å². The van der Waals surface area contributed by atoms with Gasteiger partial charge >= 0.3 is 0 Å². The summed E-state index contributed by atoms with van der Waals surface area (Å²) in [6.07, 6.45) is 1.55. The summed E-state index contributed by atoms with van der Waals surface area (Å²) in [7, 11) is 0. The van der Waals surface area contributed by atoms with Crippen molar-refractivity contribution in [1.29, 1.82) is 0 Å². The van der Waals surface area contributed by atoms with Crippen LogP contribution in [0.25, 0.3) is 20.3 Å². The van der Waals surface area contributed by atoms with Crippen molar-refractivity contribution >= 4 is 54.7 Å². The number of benzene rings is 3. The van der Waals surface area contributed by atoms with Gasteiger partial charge in [0.15, 0.2) is 0 Å². The number of morpholine rings is 1. The molecule has 200 valence electrons. The second-order valence-corrected chi connectivity index (χ2v) is 10.6. The number of hydrogen-bond acceptors (Lipinski definition) is 8. The zero-order chi connectivity index (χ0) is 26.6. The van der Waals surface area contributed by atoms with Crippen LogP contribution in [-0.4, -0.2) is 54.3 Å². The first kappa shape index (κ1) is 25.8. The van der Waals surface area contributed by atoms with Gasteiger partial charge in [-0.2, -0.15) is 0 Å². The quantitative estimate of drug-likeness (QED) is 0.214. The molecular weight excluding hydrogens is 539 g/mol. The predicted molar refractivity (Wildman–Crippen MR) is 153 cm³/mol. The number of nitrogens with one attached hydrogen (secondary N) is 1. The molecule has 0 amide bonds. The molecule has 5 aromatic rings. The molecule has 3 aromatic carbocycles. The molecule has 1 fully saturated rings. The molecule has 3 heterocycles. The van der Waals surface area contributed by atoms with Crippen molar-refractivity contribution < 1.29 is 18.6 Å². The lowest BCUT2D eigenvalue weighted by Crippen LogP contribution is -2.38. The van der Waals surface area contributed by atoms with E-state index < -0.39 is 0 Å². The highest BCUT2D eigenvalue weighted by Crippen LogP contribution is 2.39. The summed E-state index contributed by atoms with van der Waals surface area (Å²) < 4.78 is 31.8. The zero-order valence-electron chi connectivity index (χ0n) is 21.0. The van der Waals surface area contributed by atoms with E-state index in [0.29, 0.717) is 23.2 Å². The monoisotopic (exact) mass is 564 g/mol. The van der Waals surface area contributed by atoms with E-state index in [0.717, 1.165) is 70.2 Å². The van der Waals surface area contributed by atoms with Crippen molar-refractivity contribution in [3.8, 4) is 11.5 Å². The number of rotatable bonds is 9. The number of hydrogen-bond donors (Lipinski definition) is 1. The molecule has 0 spiro atoms. The lowest BCUT2D eigenvalue weighted by Gasteiger charge is -2.26. The fraction of sp³-hybridized carbons (Fsp3) is 0.241. The molecule has 0 bridgehead atoms. The van der Waals surface area contributed by atoms with Crippen molar-refractivity contribution in [2.45, 2.75) is 6.61 Å². The van der Waals surface area contributed by atoms with Crippen LogP contribution < -0.4 is 14.8 Å². The lowest BCUT2D eigenvalue weighted by atomic mass is 10.2. The molecule has 6 rings (SSSR count). The minimum Gasteiger partial charge on any atom is -0.492 e. The van der Waals surface area contributed by atoms with Gasteiger partial charge in [-0.1, -0.05) is 23.7 Å². The largest absolute Gasteiger partial charge is 0.492 e. The number of anilines is 2. The molecule has 0 unspecified atom stereocenters. The molecule has 7 nitrogen and oxygen atoms in total. The van der Waals surface area contributed by atoms with Crippen LogP contribution in [0.3, 0.4) is 0 Å². The van der Waals surface area contributed by atoms with Crippen molar-refractivity contribution in [2.24, 2.45) is 0 Å². The SMILES string of the molecule is Fc1cccc(COc2ccc(Nc3ncnc4sc5cc(OCCN6CCOCC6)ccc5c34)cc2Cl)c1. The maximum absolute atomic E-state index is 13.4. The Bertz CT molecular complexity index is 1610. The number of fused-ring (bicyclic) bond motifs is 3. The maximum Gasteiger partial charge on any atom is 0.143 e. The van der Waals surface area contributed by atoms with Crippen LogP contribution in [0.1, 0.15) is 5.56 Å². The second kappa shape index (κ2) is 11.7. The molecule has 1 saturated heterocycles. The normalized spacial score (nSPS) is 14.1. The van der Waals surface area contributed by atoms with Crippen LogP contribution >= 0.6 is 22.9 Å². The number of aromatic nitrogens is 2. The van der Waals surface area contributed by atoms with Gasteiger partial charge in [-0.25, -0.2) is 14.4 Å². The molecule has 0 radical (unpaired) electrons. The summed E-state index contributed by atoms with van der Waals surface area (Å²) in [5.41, 5.74) is 1.49. The van der Waals surface area contributed by atoms with E-state index in [9.17, 15) is 4.39 Å². The summed E-state index contributed by atoms with van der Waals surface area (Å²) in [6.45, 7) is 5.19. The highest BCUT2D eigenvalue weighted by molar-refractivity contribution is 7.25. The summed E-state index contributed by atoms with van der Waals surface area (Å²) in [6, 6.07) is 17.9. The van der Waals surface area contributed by atoms with Crippen LogP contribution in [0, 0.1) is 5.82 Å². The highest BCUT2D eigenvalue weighted by atomic mass is 35.5. The van der Waals surface area contributed by atoms with Crippen molar-refractivity contribution in [1.82, 2.24) is 14.9 Å². The molecule has 0 aliphatic carbocycles. The first-order valence-electron chi connectivity index (χ1n) is 12.7. The number of ether oxygens (including phenoxy) is 3.